The van der Waals surface area contributed by atoms with E-state index in [1.807, 2.05) is 30.3 Å². The fraction of sp³-hybridized carbons (Fsp3) is 0.208. The SMILES string of the molecule is CCN(CC(=O)Nc1ccc2c(c1)c1ccccc1n2CC)S(=O)(=O)c1cc(Cl)ccc1Cl. The van der Waals surface area contributed by atoms with Gasteiger partial charge in [-0.3, -0.25) is 4.79 Å². The largest absolute Gasteiger partial charge is 0.341 e. The summed E-state index contributed by atoms with van der Waals surface area (Å²) in [6.45, 7) is 4.33. The number of amides is 1. The number of para-hydroxylation sites is 1. The number of aryl methyl sites for hydroxylation is 1. The quantitative estimate of drug-likeness (QED) is 0.347. The van der Waals surface area contributed by atoms with Gasteiger partial charge in [-0.2, -0.15) is 4.31 Å². The summed E-state index contributed by atoms with van der Waals surface area (Å²) < 4.78 is 29.5. The third kappa shape index (κ3) is 4.46. The second-order valence-corrected chi connectivity index (χ2v) is 10.3. The number of anilines is 1. The number of hydrogen-bond acceptors (Lipinski definition) is 3. The van der Waals surface area contributed by atoms with Gasteiger partial charge in [0.15, 0.2) is 0 Å². The van der Waals surface area contributed by atoms with Gasteiger partial charge in [-0.15, -0.1) is 0 Å². The molecule has 9 heteroatoms. The monoisotopic (exact) mass is 503 g/mol. The number of nitrogens with zero attached hydrogens (tertiary/aromatic N) is 2. The van der Waals surface area contributed by atoms with Crippen molar-refractivity contribution in [1.82, 2.24) is 8.87 Å². The molecule has 172 valence electrons. The number of sulfonamides is 1. The Balaban J connectivity index is 1.60. The van der Waals surface area contributed by atoms with E-state index >= 15 is 0 Å². The number of aromatic nitrogens is 1. The summed E-state index contributed by atoms with van der Waals surface area (Å²) in [5.74, 6) is -0.447. The lowest BCUT2D eigenvalue weighted by Gasteiger charge is -2.21. The molecule has 0 aliphatic carbocycles. The van der Waals surface area contributed by atoms with E-state index in [0.717, 1.165) is 32.7 Å². The molecule has 0 aliphatic rings. The zero-order valence-electron chi connectivity index (χ0n) is 18.2. The Labute approximate surface area is 202 Å². The van der Waals surface area contributed by atoms with E-state index in [0.29, 0.717) is 5.69 Å². The molecule has 4 rings (SSSR count). The first-order valence-electron chi connectivity index (χ1n) is 10.5. The van der Waals surface area contributed by atoms with Crippen molar-refractivity contribution in [3.8, 4) is 0 Å². The van der Waals surface area contributed by atoms with E-state index in [2.05, 4.69) is 28.9 Å². The molecule has 0 radical (unpaired) electrons. The minimum Gasteiger partial charge on any atom is -0.341 e. The predicted molar refractivity (Wildman–Crippen MR) is 135 cm³/mol. The molecule has 33 heavy (non-hydrogen) atoms. The lowest BCUT2D eigenvalue weighted by atomic mass is 10.1. The molecule has 1 amide bonds. The maximum absolute atomic E-state index is 13.1. The van der Waals surface area contributed by atoms with Gasteiger partial charge in [0.2, 0.25) is 15.9 Å². The van der Waals surface area contributed by atoms with Crippen molar-refractivity contribution in [3.05, 3.63) is 70.7 Å². The van der Waals surface area contributed by atoms with Crippen LogP contribution in [0.25, 0.3) is 21.8 Å². The van der Waals surface area contributed by atoms with Gasteiger partial charge < -0.3 is 9.88 Å². The number of nitrogens with one attached hydrogen (secondary N) is 1. The van der Waals surface area contributed by atoms with Crippen LogP contribution >= 0.6 is 23.2 Å². The summed E-state index contributed by atoms with van der Waals surface area (Å²) in [7, 11) is -4.00. The Kier molecular flexibility index (Phi) is 6.68. The smallest absolute Gasteiger partial charge is 0.245 e. The van der Waals surface area contributed by atoms with Crippen LogP contribution < -0.4 is 5.32 Å². The number of benzene rings is 3. The van der Waals surface area contributed by atoms with Crippen molar-refractivity contribution >= 4 is 66.6 Å². The third-order valence-corrected chi connectivity index (χ3v) is 8.19. The van der Waals surface area contributed by atoms with Crippen molar-refractivity contribution in [2.45, 2.75) is 25.3 Å². The molecule has 0 bridgehead atoms. The van der Waals surface area contributed by atoms with Gasteiger partial charge in [0.05, 0.1) is 11.6 Å². The van der Waals surface area contributed by atoms with Gasteiger partial charge in [-0.25, -0.2) is 8.42 Å². The average molecular weight is 504 g/mol. The highest BCUT2D eigenvalue weighted by molar-refractivity contribution is 7.89. The van der Waals surface area contributed by atoms with Gasteiger partial charge in [-0.1, -0.05) is 48.3 Å². The second-order valence-electron chi connectivity index (χ2n) is 7.55. The molecule has 0 saturated heterocycles. The van der Waals surface area contributed by atoms with E-state index < -0.39 is 15.9 Å². The number of rotatable bonds is 7. The van der Waals surface area contributed by atoms with Crippen LogP contribution in [-0.2, 0) is 21.4 Å². The van der Waals surface area contributed by atoms with Crippen LogP contribution in [0, 0.1) is 0 Å². The number of fused-ring (bicyclic) bond motifs is 3. The van der Waals surface area contributed by atoms with Gasteiger partial charge in [0, 0.05) is 45.6 Å². The van der Waals surface area contributed by atoms with Crippen molar-refractivity contribution in [2.75, 3.05) is 18.4 Å². The Morgan fingerprint density at radius 3 is 2.42 bits per heavy atom. The third-order valence-electron chi connectivity index (χ3n) is 5.56. The highest BCUT2D eigenvalue weighted by Gasteiger charge is 2.28. The molecule has 1 aromatic heterocycles. The predicted octanol–water partition coefficient (Wildman–Crippen LogP) is 5.77. The first-order valence-corrected chi connectivity index (χ1v) is 12.7. The average Bonchev–Trinajstić information content (AvgIpc) is 3.11. The number of carbonyl (C=O) groups excluding carboxylic acids is 1. The lowest BCUT2D eigenvalue weighted by molar-refractivity contribution is -0.116. The summed E-state index contributed by atoms with van der Waals surface area (Å²) in [5.41, 5.74) is 2.80. The van der Waals surface area contributed by atoms with E-state index in [1.54, 1.807) is 6.92 Å². The Hall–Kier alpha value is -2.58. The molecular weight excluding hydrogens is 481 g/mol. The van der Waals surface area contributed by atoms with E-state index in [1.165, 1.54) is 18.2 Å². The van der Waals surface area contributed by atoms with E-state index in [-0.39, 0.29) is 28.0 Å². The molecule has 0 aliphatic heterocycles. The summed E-state index contributed by atoms with van der Waals surface area (Å²) in [4.78, 5) is 12.7. The molecule has 0 atom stereocenters. The lowest BCUT2D eigenvalue weighted by Crippen LogP contribution is -2.38. The van der Waals surface area contributed by atoms with Crippen LogP contribution in [0.15, 0.2) is 65.6 Å². The maximum Gasteiger partial charge on any atom is 0.245 e. The van der Waals surface area contributed by atoms with Gasteiger partial charge >= 0.3 is 0 Å². The normalized spacial score (nSPS) is 12.0. The molecule has 0 unspecified atom stereocenters. The summed E-state index contributed by atoms with van der Waals surface area (Å²) in [6.07, 6.45) is 0. The molecule has 0 saturated carbocycles. The van der Waals surface area contributed by atoms with Gasteiger partial charge in [0.1, 0.15) is 4.90 Å². The Bertz CT molecular complexity index is 1460. The minimum absolute atomic E-state index is 0.0519. The standard InChI is InChI=1S/C24H23Cl2N3O3S/c1-3-28(33(31,32)23-13-16(25)9-11-20(23)26)15-24(30)27-17-10-12-22-19(14-17)18-7-5-6-8-21(18)29(22)4-2/h5-14H,3-4,15H2,1-2H3,(H,27,30). The molecule has 0 spiro atoms. The zero-order chi connectivity index (χ0) is 23.8. The summed E-state index contributed by atoms with van der Waals surface area (Å²) in [5, 5.41) is 5.25. The molecular formula is C24H23Cl2N3O3S. The van der Waals surface area contributed by atoms with Crippen molar-refractivity contribution in [3.63, 3.8) is 0 Å². The molecule has 0 fully saturated rings. The first kappa shape index (κ1) is 23.6. The van der Waals surface area contributed by atoms with E-state index in [9.17, 15) is 13.2 Å². The highest BCUT2D eigenvalue weighted by atomic mass is 35.5. The highest BCUT2D eigenvalue weighted by Crippen LogP contribution is 2.31. The second kappa shape index (κ2) is 9.35. The summed E-state index contributed by atoms with van der Waals surface area (Å²) >= 11 is 12.1. The van der Waals surface area contributed by atoms with Crippen LogP contribution in [0.3, 0.4) is 0 Å². The topological polar surface area (TPSA) is 71.4 Å². The fourth-order valence-corrected chi connectivity index (χ4v) is 6.16. The van der Waals surface area contributed by atoms with Crippen molar-refractivity contribution in [2.24, 2.45) is 0 Å². The number of likely N-dealkylation sites (N-methyl/N-ethyl adjacent to an activating group) is 1. The zero-order valence-corrected chi connectivity index (χ0v) is 20.5. The molecule has 4 aromatic rings. The van der Waals surface area contributed by atoms with Crippen LogP contribution in [0.2, 0.25) is 10.0 Å². The maximum atomic E-state index is 13.1. The number of carbonyl (C=O) groups is 1. The van der Waals surface area contributed by atoms with Gasteiger partial charge in [-0.05, 0) is 49.4 Å². The van der Waals surface area contributed by atoms with Crippen LogP contribution in [0.5, 0.6) is 0 Å². The van der Waals surface area contributed by atoms with Crippen LogP contribution in [-0.4, -0.2) is 36.3 Å². The van der Waals surface area contributed by atoms with Gasteiger partial charge in [0.25, 0.3) is 0 Å². The Morgan fingerprint density at radius 2 is 1.70 bits per heavy atom. The van der Waals surface area contributed by atoms with Crippen molar-refractivity contribution < 1.29 is 13.2 Å². The van der Waals surface area contributed by atoms with E-state index in [4.69, 9.17) is 23.2 Å². The minimum atomic E-state index is -4.00. The van der Waals surface area contributed by atoms with Crippen LogP contribution in [0.4, 0.5) is 5.69 Å². The fourth-order valence-electron chi connectivity index (χ4n) is 4.01. The Morgan fingerprint density at radius 1 is 0.970 bits per heavy atom. The number of halogens is 2. The molecule has 1 N–H and O–H groups in total. The van der Waals surface area contributed by atoms with Crippen LogP contribution in [0.1, 0.15) is 13.8 Å². The molecule has 3 aromatic carbocycles. The van der Waals surface area contributed by atoms with Crippen molar-refractivity contribution in [1.29, 1.82) is 0 Å². The molecule has 1 heterocycles. The molecule has 6 nitrogen and oxygen atoms in total. The first-order chi connectivity index (χ1) is 15.8. The number of hydrogen-bond donors (Lipinski definition) is 1. The summed E-state index contributed by atoms with van der Waals surface area (Å²) in [6, 6.07) is 18.0.